The standard InChI is InChI=1S/C13H19N3O2/c14-10-12(11-4-2-1-3-5-11)15-6-8-16(9-7-15)13(17)18/h1-5,12H,6-10,14H2,(H,17,18). The highest BCUT2D eigenvalue weighted by molar-refractivity contribution is 5.65. The van der Waals surface area contributed by atoms with Crippen molar-refractivity contribution in [3.8, 4) is 0 Å². The van der Waals surface area contributed by atoms with Crippen molar-refractivity contribution in [2.75, 3.05) is 32.7 Å². The molecule has 1 amide bonds. The molecular formula is C13H19N3O2. The third kappa shape index (κ3) is 2.80. The molecule has 5 heteroatoms. The molecule has 3 N–H and O–H groups in total. The lowest BCUT2D eigenvalue weighted by molar-refractivity contribution is 0.0866. The van der Waals surface area contributed by atoms with Crippen LogP contribution in [0.1, 0.15) is 11.6 Å². The molecule has 1 saturated heterocycles. The zero-order valence-electron chi connectivity index (χ0n) is 10.3. The van der Waals surface area contributed by atoms with Crippen molar-refractivity contribution in [3.63, 3.8) is 0 Å². The van der Waals surface area contributed by atoms with E-state index in [0.717, 1.165) is 13.1 Å². The first-order valence-electron chi connectivity index (χ1n) is 6.19. The van der Waals surface area contributed by atoms with Gasteiger partial charge in [-0.2, -0.15) is 0 Å². The predicted molar refractivity (Wildman–Crippen MR) is 69.4 cm³/mol. The zero-order chi connectivity index (χ0) is 13.0. The van der Waals surface area contributed by atoms with Gasteiger partial charge in [-0.05, 0) is 5.56 Å². The largest absolute Gasteiger partial charge is 0.465 e. The molecule has 1 aliphatic rings. The summed E-state index contributed by atoms with van der Waals surface area (Å²) in [6.07, 6.45) is -0.835. The Kier molecular flexibility index (Phi) is 4.17. The molecule has 1 aromatic rings. The average molecular weight is 249 g/mol. The van der Waals surface area contributed by atoms with E-state index >= 15 is 0 Å². The number of rotatable bonds is 3. The first-order valence-corrected chi connectivity index (χ1v) is 6.19. The fourth-order valence-electron chi connectivity index (χ4n) is 2.40. The molecule has 98 valence electrons. The van der Waals surface area contributed by atoms with Gasteiger partial charge in [0.05, 0.1) is 0 Å². The highest BCUT2D eigenvalue weighted by atomic mass is 16.4. The lowest BCUT2D eigenvalue weighted by Crippen LogP contribution is -2.50. The summed E-state index contributed by atoms with van der Waals surface area (Å²) in [4.78, 5) is 14.6. The van der Waals surface area contributed by atoms with Crippen molar-refractivity contribution in [2.45, 2.75) is 6.04 Å². The smallest absolute Gasteiger partial charge is 0.407 e. The lowest BCUT2D eigenvalue weighted by Gasteiger charge is -2.38. The minimum atomic E-state index is -0.835. The van der Waals surface area contributed by atoms with Crippen LogP contribution in [0.5, 0.6) is 0 Å². The Morgan fingerprint density at radius 2 is 1.83 bits per heavy atom. The van der Waals surface area contributed by atoms with E-state index < -0.39 is 6.09 Å². The quantitative estimate of drug-likeness (QED) is 0.838. The molecule has 18 heavy (non-hydrogen) atoms. The molecule has 1 aromatic carbocycles. The summed E-state index contributed by atoms with van der Waals surface area (Å²) < 4.78 is 0. The van der Waals surface area contributed by atoms with Gasteiger partial charge >= 0.3 is 6.09 Å². The van der Waals surface area contributed by atoms with Gasteiger partial charge in [-0.15, -0.1) is 0 Å². The number of piperazine rings is 1. The molecule has 2 rings (SSSR count). The summed E-state index contributed by atoms with van der Waals surface area (Å²) >= 11 is 0. The summed E-state index contributed by atoms with van der Waals surface area (Å²) in [5, 5.41) is 8.92. The SMILES string of the molecule is NCC(c1ccccc1)N1CCN(C(=O)O)CC1. The van der Waals surface area contributed by atoms with Crippen LogP contribution in [0, 0.1) is 0 Å². The van der Waals surface area contributed by atoms with Gasteiger partial charge in [-0.25, -0.2) is 4.79 Å². The molecule has 1 atom stereocenters. The molecule has 0 bridgehead atoms. The number of hydrogen-bond acceptors (Lipinski definition) is 3. The average Bonchev–Trinajstić information content (AvgIpc) is 2.41. The minimum Gasteiger partial charge on any atom is -0.465 e. The lowest BCUT2D eigenvalue weighted by atomic mass is 10.0. The predicted octanol–water partition coefficient (Wildman–Crippen LogP) is 0.982. The molecule has 0 saturated carbocycles. The van der Waals surface area contributed by atoms with Gasteiger partial charge in [-0.3, -0.25) is 4.90 Å². The number of amides is 1. The second kappa shape index (κ2) is 5.84. The van der Waals surface area contributed by atoms with Crippen molar-refractivity contribution in [1.29, 1.82) is 0 Å². The van der Waals surface area contributed by atoms with E-state index in [1.807, 2.05) is 18.2 Å². The monoisotopic (exact) mass is 249 g/mol. The molecule has 1 unspecified atom stereocenters. The fraction of sp³-hybridized carbons (Fsp3) is 0.462. The Hall–Kier alpha value is -1.59. The molecule has 5 nitrogen and oxygen atoms in total. The minimum absolute atomic E-state index is 0.183. The highest BCUT2D eigenvalue weighted by Gasteiger charge is 2.25. The number of carboxylic acid groups (broad SMARTS) is 1. The second-order valence-corrected chi connectivity index (χ2v) is 4.47. The van der Waals surface area contributed by atoms with Crippen LogP contribution in [0.4, 0.5) is 4.79 Å². The van der Waals surface area contributed by atoms with Crippen molar-refractivity contribution < 1.29 is 9.90 Å². The zero-order valence-corrected chi connectivity index (χ0v) is 10.3. The maximum atomic E-state index is 10.9. The highest BCUT2D eigenvalue weighted by Crippen LogP contribution is 2.20. The van der Waals surface area contributed by atoms with Crippen LogP contribution >= 0.6 is 0 Å². The van der Waals surface area contributed by atoms with E-state index in [2.05, 4.69) is 17.0 Å². The van der Waals surface area contributed by atoms with Gasteiger partial charge in [-0.1, -0.05) is 30.3 Å². The summed E-state index contributed by atoms with van der Waals surface area (Å²) in [6, 6.07) is 10.3. The van der Waals surface area contributed by atoms with E-state index in [4.69, 9.17) is 10.8 Å². The van der Waals surface area contributed by atoms with E-state index in [0.29, 0.717) is 19.6 Å². The number of benzene rings is 1. The van der Waals surface area contributed by atoms with Crippen LogP contribution in [0.3, 0.4) is 0 Å². The maximum Gasteiger partial charge on any atom is 0.407 e. The fourth-order valence-corrected chi connectivity index (χ4v) is 2.40. The van der Waals surface area contributed by atoms with Crippen LogP contribution in [0.15, 0.2) is 30.3 Å². The van der Waals surface area contributed by atoms with Gasteiger partial charge in [0.2, 0.25) is 0 Å². The number of nitrogens with two attached hydrogens (primary N) is 1. The number of carbonyl (C=O) groups is 1. The Bertz CT molecular complexity index is 388. The molecule has 1 heterocycles. The maximum absolute atomic E-state index is 10.9. The Labute approximate surface area is 107 Å². The van der Waals surface area contributed by atoms with Crippen molar-refractivity contribution in [2.24, 2.45) is 5.73 Å². The second-order valence-electron chi connectivity index (χ2n) is 4.47. The van der Waals surface area contributed by atoms with Crippen LogP contribution in [-0.2, 0) is 0 Å². The molecule has 0 aliphatic carbocycles. The molecular weight excluding hydrogens is 230 g/mol. The Morgan fingerprint density at radius 3 is 2.33 bits per heavy atom. The van der Waals surface area contributed by atoms with E-state index in [1.54, 1.807) is 0 Å². The van der Waals surface area contributed by atoms with Crippen molar-refractivity contribution in [1.82, 2.24) is 9.80 Å². The molecule has 0 aromatic heterocycles. The van der Waals surface area contributed by atoms with Gasteiger partial charge in [0.1, 0.15) is 0 Å². The van der Waals surface area contributed by atoms with E-state index in [9.17, 15) is 4.79 Å². The van der Waals surface area contributed by atoms with Gasteiger partial charge < -0.3 is 15.7 Å². The van der Waals surface area contributed by atoms with Crippen LogP contribution in [-0.4, -0.2) is 53.7 Å². The summed E-state index contributed by atoms with van der Waals surface area (Å²) in [5.74, 6) is 0. The van der Waals surface area contributed by atoms with Crippen molar-refractivity contribution in [3.05, 3.63) is 35.9 Å². The molecule has 1 fully saturated rings. The first-order chi connectivity index (χ1) is 8.72. The summed E-state index contributed by atoms with van der Waals surface area (Å²) in [7, 11) is 0. The number of hydrogen-bond donors (Lipinski definition) is 2. The van der Waals surface area contributed by atoms with Gasteiger partial charge in [0.15, 0.2) is 0 Å². The normalized spacial score (nSPS) is 18.6. The van der Waals surface area contributed by atoms with Gasteiger partial charge in [0.25, 0.3) is 0 Å². The molecule has 0 radical (unpaired) electrons. The first kappa shape index (κ1) is 12.9. The topological polar surface area (TPSA) is 69.8 Å². The van der Waals surface area contributed by atoms with Crippen molar-refractivity contribution >= 4 is 6.09 Å². The van der Waals surface area contributed by atoms with E-state index in [1.165, 1.54) is 10.5 Å². The Morgan fingerprint density at radius 1 is 1.22 bits per heavy atom. The molecule has 0 spiro atoms. The summed E-state index contributed by atoms with van der Waals surface area (Å²) in [5.41, 5.74) is 7.06. The van der Waals surface area contributed by atoms with Gasteiger partial charge in [0, 0.05) is 38.8 Å². The number of nitrogens with zero attached hydrogens (tertiary/aromatic N) is 2. The summed E-state index contributed by atoms with van der Waals surface area (Å²) in [6.45, 7) is 3.14. The molecule has 1 aliphatic heterocycles. The third-order valence-corrected chi connectivity index (χ3v) is 3.43. The van der Waals surface area contributed by atoms with Crippen LogP contribution < -0.4 is 5.73 Å². The van der Waals surface area contributed by atoms with Crippen LogP contribution in [0.2, 0.25) is 0 Å². The third-order valence-electron chi connectivity index (χ3n) is 3.43. The van der Waals surface area contributed by atoms with Crippen LogP contribution in [0.25, 0.3) is 0 Å². The van der Waals surface area contributed by atoms with E-state index in [-0.39, 0.29) is 6.04 Å². The Balaban J connectivity index is 2.01.